The topological polar surface area (TPSA) is 81.9 Å². The molecule has 9 heteroatoms. The van der Waals surface area contributed by atoms with Gasteiger partial charge in [0, 0.05) is 31.6 Å². The first-order valence-corrected chi connectivity index (χ1v) is 8.06. The van der Waals surface area contributed by atoms with E-state index in [4.69, 9.17) is 4.74 Å². The summed E-state index contributed by atoms with van der Waals surface area (Å²) < 4.78 is 33.0. The van der Waals surface area contributed by atoms with Crippen molar-refractivity contribution in [3.63, 3.8) is 0 Å². The van der Waals surface area contributed by atoms with E-state index in [-0.39, 0.29) is 23.8 Å². The molecule has 1 N–H and O–H groups in total. The van der Waals surface area contributed by atoms with Crippen LogP contribution in [0.1, 0.15) is 48.4 Å². The van der Waals surface area contributed by atoms with Crippen LogP contribution >= 0.6 is 0 Å². The van der Waals surface area contributed by atoms with Crippen LogP contribution in [-0.2, 0) is 4.74 Å². The molecule has 0 aliphatic heterocycles. The molecule has 0 spiro atoms. The maximum atomic E-state index is 13.1. The molecule has 25 heavy (non-hydrogen) atoms. The third-order valence-corrected chi connectivity index (χ3v) is 4.27. The van der Waals surface area contributed by atoms with Gasteiger partial charge in [0.05, 0.1) is 6.10 Å². The highest BCUT2D eigenvalue weighted by atomic mass is 19.3. The van der Waals surface area contributed by atoms with Crippen molar-refractivity contribution in [2.24, 2.45) is 0 Å². The number of carbonyl (C=O) groups is 1. The van der Waals surface area contributed by atoms with E-state index in [0.717, 1.165) is 31.7 Å². The molecule has 1 aliphatic rings. The lowest BCUT2D eigenvalue weighted by molar-refractivity contribution is 0.0597. The zero-order valence-corrected chi connectivity index (χ0v) is 13.7. The summed E-state index contributed by atoms with van der Waals surface area (Å²) in [5.74, 6) is -0.642. The molecule has 0 saturated heterocycles. The highest BCUT2D eigenvalue weighted by Gasteiger charge is 2.24. The highest BCUT2D eigenvalue weighted by molar-refractivity contribution is 5.90. The first kappa shape index (κ1) is 17.4. The van der Waals surface area contributed by atoms with Crippen molar-refractivity contribution in [2.75, 3.05) is 7.11 Å². The van der Waals surface area contributed by atoms with Gasteiger partial charge >= 0.3 is 0 Å². The Hall–Kier alpha value is -2.42. The van der Waals surface area contributed by atoms with Gasteiger partial charge in [-0.15, -0.1) is 0 Å². The molecule has 1 aliphatic carbocycles. The van der Waals surface area contributed by atoms with Crippen LogP contribution in [0.3, 0.4) is 0 Å². The number of ether oxygens (including phenoxy) is 1. The van der Waals surface area contributed by atoms with Crippen molar-refractivity contribution >= 4 is 5.91 Å². The maximum absolute atomic E-state index is 13.1. The fourth-order valence-electron chi connectivity index (χ4n) is 2.89. The molecule has 1 amide bonds. The number of aromatic nitrogens is 4. The smallest absolute Gasteiger partial charge is 0.289 e. The van der Waals surface area contributed by atoms with Gasteiger partial charge in [0.25, 0.3) is 12.3 Å². The summed E-state index contributed by atoms with van der Waals surface area (Å²) in [5.41, 5.74) is -0.494. The molecule has 134 valence electrons. The Balaban J connectivity index is 1.77. The summed E-state index contributed by atoms with van der Waals surface area (Å²) in [6, 6.07) is 1.11. The Bertz CT molecular complexity index is 715. The molecule has 0 radical (unpaired) electrons. The first-order valence-electron chi connectivity index (χ1n) is 8.06. The molecule has 2 aromatic rings. The molecule has 7 nitrogen and oxygen atoms in total. The monoisotopic (exact) mass is 351 g/mol. The van der Waals surface area contributed by atoms with Crippen molar-refractivity contribution < 1.29 is 18.3 Å². The summed E-state index contributed by atoms with van der Waals surface area (Å²) in [6.45, 7) is 0. The fourth-order valence-corrected chi connectivity index (χ4v) is 2.89. The van der Waals surface area contributed by atoms with Crippen LogP contribution < -0.4 is 5.32 Å². The van der Waals surface area contributed by atoms with E-state index in [1.165, 1.54) is 17.1 Å². The minimum absolute atomic E-state index is 0.0330. The third kappa shape index (κ3) is 4.16. The van der Waals surface area contributed by atoms with Gasteiger partial charge in [-0.3, -0.25) is 9.36 Å². The number of rotatable bonds is 5. The van der Waals surface area contributed by atoms with E-state index in [2.05, 4.69) is 20.3 Å². The third-order valence-electron chi connectivity index (χ3n) is 4.27. The second-order valence-corrected chi connectivity index (χ2v) is 5.93. The lowest BCUT2D eigenvalue weighted by Gasteiger charge is -2.28. The second-order valence-electron chi connectivity index (χ2n) is 5.93. The Morgan fingerprint density at radius 3 is 2.68 bits per heavy atom. The van der Waals surface area contributed by atoms with Crippen molar-refractivity contribution in [1.82, 2.24) is 24.8 Å². The SMILES string of the molecule is COC1CCC(NC(=O)c2nc(C(F)F)cc(-n3ccnc3)n2)CC1. The summed E-state index contributed by atoms with van der Waals surface area (Å²) >= 11 is 0. The number of hydrogen-bond acceptors (Lipinski definition) is 5. The zero-order chi connectivity index (χ0) is 17.8. The zero-order valence-electron chi connectivity index (χ0n) is 13.7. The van der Waals surface area contributed by atoms with Gasteiger partial charge in [-0.05, 0) is 25.7 Å². The van der Waals surface area contributed by atoms with Gasteiger partial charge in [0.15, 0.2) is 0 Å². The Kier molecular flexibility index (Phi) is 5.32. The number of hydrogen-bond donors (Lipinski definition) is 1. The number of amides is 1. The van der Waals surface area contributed by atoms with Crippen LogP contribution in [-0.4, -0.2) is 44.7 Å². The average Bonchev–Trinajstić information content (AvgIpc) is 3.16. The van der Waals surface area contributed by atoms with Crippen molar-refractivity contribution in [3.05, 3.63) is 36.3 Å². The molecule has 3 rings (SSSR count). The van der Waals surface area contributed by atoms with Crippen molar-refractivity contribution in [3.8, 4) is 5.82 Å². The largest absolute Gasteiger partial charge is 0.381 e. The van der Waals surface area contributed by atoms with E-state index in [0.29, 0.717) is 0 Å². The quantitative estimate of drug-likeness (QED) is 0.894. The fraction of sp³-hybridized carbons (Fsp3) is 0.500. The number of carbonyl (C=O) groups excluding carboxylic acids is 1. The first-order chi connectivity index (χ1) is 12.1. The van der Waals surface area contributed by atoms with Crippen LogP contribution in [0.2, 0.25) is 0 Å². The van der Waals surface area contributed by atoms with Gasteiger partial charge < -0.3 is 10.1 Å². The number of imidazole rings is 1. The second kappa shape index (κ2) is 7.64. The van der Waals surface area contributed by atoms with Crippen LogP contribution in [0.25, 0.3) is 5.82 Å². The Labute approximate surface area is 143 Å². The number of nitrogens with one attached hydrogen (secondary N) is 1. The van der Waals surface area contributed by atoms with Gasteiger partial charge in [0.2, 0.25) is 5.82 Å². The van der Waals surface area contributed by atoms with Crippen molar-refractivity contribution in [1.29, 1.82) is 0 Å². The van der Waals surface area contributed by atoms with Gasteiger partial charge in [-0.1, -0.05) is 0 Å². The molecule has 2 aromatic heterocycles. The molecule has 0 atom stereocenters. The van der Waals surface area contributed by atoms with Gasteiger partial charge in [-0.25, -0.2) is 23.7 Å². The van der Waals surface area contributed by atoms with Crippen LogP contribution in [0.4, 0.5) is 8.78 Å². The predicted molar refractivity (Wildman–Crippen MR) is 84.6 cm³/mol. The molecule has 1 saturated carbocycles. The molecular weight excluding hydrogens is 332 g/mol. The summed E-state index contributed by atoms with van der Waals surface area (Å²) in [6.07, 6.45) is 5.13. The minimum Gasteiger partial charge on any atom is -0.381 e. The summed E-state index contributed by atoms with van der Waals surface area (Å²) in [7, 11) is 1.67. The van der Waals surface area contributed by atoms with E-state index in [9.17, 15) is 13.6 Å². The molecule has 0 unspecified atom stereocenters. The maximum Gasteiger partial charge on any atom is 0.289 e. The molecule has 0 bridgehead atoms. The average molecular weight is 351 g/mol. The van der Waals surface area contributed by atoms with Gasteiger partial charge in [-0.2, -0.15) is 0 Å². The summed E-state index contributed by atoms with van der Waals surface area (Å²) in [5, 5.41) is 2.83. The van der Waals surface area contributed by atoms with Crippen LogP contribution in [0.15, 0.2) is 24.8 Å². The van der Waals surface area contributed by atoms with E-state index in [1.807, 2.05) is 0 Å². The van der Waals surface area contributed by atoms with Crippen molar-refractivity contribution in [2.45, 2.75) is 44.3 Å². The Morgan fingerprint density at radius 2 is 2.08 bits per heavy atom. The lowest BCUT2D eigenvalue weighted by atomic mass is 9.93. The molecule has 0 aromatic carbocycles. The van der Waals surface area contributed by atoms with Crippen LogP contribution in [0.5, 0.6) is 0 Å². The number of methoxy groups -OCH3 is 1. The van der Waals surface area contributed by atoms with E-state index < -0.39 is 18.0 Å². The number of halogens is 2. The normalized spacial score (nSPS) is 20.6. The number of alkyl halides is 2. The molecular formula is C16H19F2N5O2. The van der Waals surface area contributed by atoms with Gasteiger partial charge in [0.1, 0.15) is 17.8 Å². The van der Waals surface area contributed by atoms with E-state index in [1.54, 1.807) is 13.3 Å². The lowest BCUT2D eigenvalue weighted by Crippen LogP contribution is -2.39. The number of nitrogens with zero attached hydrogens (tertiary/aromatic N) is 4. The van der Waals surface area contributed by atoms with Crippen LogP contribution in [0, 0.1) is 0 Å². The molecule has 2 heterocycles. The standard InChI is InChI=1S/C16H19F2N5O2/c1-25-11-4-2-10(3-5-11)20-16(24)15-21-12(14(17)18)8-13(22-15)23-7-6-19-9-23/h6-11,14H,2-5H2,1H3,(H,20,24). The van der Waals surface area contributed by atoms with E-state index >= 15 is 0 Å². The minimum atomic E-state index is -2.80. The predicted octanol–water partition coefficient (Wildman–Crippen LogP) is 2.29. The summed E-state index contributed by atoms with van der Waals surface area (Å²) in [4.78, 5) is 24.1. The molecule has 1 fully saturated rings. The Morgan fingerprint density at radius 1 is 1.32 bits per heavy atom. The highest BCUT2D eigenvalue weighted by Crippen LogP contribution is 2.22.